The Morgan fingerprint density at radius 1 is 1.33 bits per heavy atom. The van der Waals surface area contributed by atoms with E-state index in [1.807, 2.05) is 32.6 Å². The molecule has 1 saturated heterocycles. The molecule has 1 heterocycles. The zero-order chi connectivity index (χ0) is 16.1. The smallest absolute Gasteiger partial charge is 0.410 e. The average Bonchev–Trinajstić information content (AvgIpc) is 2.43. The van der Waals surface area contributed by atoms with Gasteiger partial charge in [0.15, 0.2) is 0 Å². The predicted molar refractivity (Wildman–Crippen MR) is 84.4 cm³/mol. The van der Waals surface area contributed by atoms with Gasteiger partial charge in [-0.15, -0.1) is 0 Å². The molecule has 5 nitrogen and oxygen atoms in total. The van der Waals surface area contributed by atoms with Gasteiger partial charge in [0.1, 0.15) is 5.60 Å². The summed E-state index contributed by atoms with van der Waals surface area (Å²) in [6, 6.07) is 0.144. The average molecular weight is 300 g/mol. The van der Waals surface area contributed by atoms with Gasteiger partial charge in [-0.25, -0.2) is 4.79 Å². The van der Waals surface area contributed by atoms with Gasteiger partial charge in [-0.05, 0) is 53.4 Å². The topological polar surface area (TPSA) is 61.8 Å². The van der Waals surface area contributed by atoms with Crippen LogP contribution < -0.4 is 5.32 Å². The first-order valence-corrected chi connectivity index (χ1v) is 8.06. The fourth-order valence-electron chi connectivity index (χ4n) is 2.43. The molecule has 0 radical (unpaired) electrons. The van der Waals surface area contributed by atoms with E-state index in [1.165, 1.54) is 0 Å². The highest BCUT2D eigenvalue weighted by Gasteiger charge is 2.31. The molecule has 0 aliphatic carbocycles. The first kappa shape index (κ1) is 18.2. The Kier molecular flexibility index (Phi) is 6.47. The fraction of sp³-hybridized carbons (Fsp3) is 0.938. The first-order chi connectivity index (χ1) is 9.71. The minimum absolute atomic E-state index is 0.0999. The Balaban J connectivity index is 2.63. The van der Waals surface area contributed by atoms with Crippen LogP contribution in [0.15, 0.2) is 0 Å². The summed E-state index contributed by atoms with van der Waals surface area (Å²) in [5, 5.41) is 12.9. The van der Waals surface area contributed by atoms with Gasteiger partial charge in [0.05, 0.1) is 6.61 Å². The number of hydrogen-bond donors (Lipinski definition) is 2. The molecular weight excluding hydrogens is 268 g/mol. The Bertz CT molecular complexity index is 335. The number of carbonyl (C=O) groups excluding carboxylic acids is 1. The van der Waals surface area contributed by atoms with Crippen LogP contribution in [0, 0.1) is 0 Å². The van der Waals surface area contributed by atoms with Gasteiger partial charge >= 0.3 is 6.09 Å². The standard InChI is InChI=1S/C16H32N2O3/c1-6-16(5,12-19)17-11-13-9-7-8-10-18(13)14(20)21-15(2,3)4/h13,17,19H,6-12H2,1-5H3. The second-order valence-corrected chi connectivity index (χ2v) is 7.28. The summed E-state index contributed by atoms with van der Waals surface area (Å²) in [5.74, 6) is 0. The fourth-order valence-corrected chi connectivity index (χ4v) is 2.43. The highest BCUT2D eigenvalue weighted by atomic mass is 16.6. The molecule has 1 fully saturated rings. The number of ether oxygens (including phenoxy) is 1. The van der Waals surface area contributed by atoms with Crippen molar-refractivity contribution in [3.63, 3.8) is 0 Å². The first-order valence-electron chi connectivity index (χ1n) is 8.06. The summed E-state index contributed by atoms with van der Waals surface area (Å²) in [5.41, 5.74) is -0.743. The van der Waals surface area contributed by atoms with Crippen LogP contribution >= 0.6 is 0 Å². The number of amides is 1. The maximum atomic E-state index is 12.3. The van der Waals surface area contributed by atoms with Crippen molar-refractivity contribution in [3.05, 3.63) is 0 Å². The van der Waals surface area contributed by atoms with Crippen molar-refractivity contribution in [2.45, 2.75) is 77.5 Å². The number of piperidine rings is 1. The van der Waals surface area contributed by atoms with E-state index in [9.17, 15) is 9.90 Å². The Morgan fingerprint density at radius 2 is 2.00 bits per heavy atom. The van der Waals surface area contributed by atoms with Crippen LogP contribution in [0.2, 0.25) is 0 Å². The van der Waals surface area contributed by atoms with Crippen molar-refractivity contribution < 1.29 is 14.6 Å². The molecule has 1 aliphatic rings. The van der Waals surface area contributed by atoms with Gasteiger partial charge in [-0.1, -0.05) is 6.92 Å². The van der Waals surface area contributed by atoms with E-state index in [0.29, 0.717) is 6.54 Å². The molecule has 1 aliphatic heterocycles. The highest BCUT2D eigenvalue weighted by Crippen LogP contribution is 2.21. The van der Waals surface area contributed by atoms with Crippen LogP contribution in [-0.4, -0.2) is 53.0 Å². The minimum Gasteiger partial charge on any atom is -0.444 e. The van der Waals surface area contributed by atoms with E-state index in [0.717, 1.165) is 32.2 Å². The van der Waals surface area contributed by atoms with Crippen LogP contribution in [0.5, 0.6) is 0 Å². The molecule has 124 valence electrons. The quantitative estimate of drug-likeness (QED) is 0.819. The molecule has 21 heavy (non-hydrogen) atoms. The van der Waals surface area contributed by atoms with Gasteiger partial charge in [0, 0.05) is 24.7 Å². The number of likely N-dealkylation sites (tertiary alicyclic amines) is 1. The SMILES string of the molecule is CCC(C)(CO)NCC1CCCCN1C(=O)OC(C)(C)C. The van der Waals surface area contributed by atoms with Crippen molar-refractivity contribution in [1.82, 2.24) is 10.2 Å². The maximum Gasteiger partial charge on any atom is 0.410 e. The highest BCUT2D eigenvalue weighted by molar-refractivity contribution is 5.68. The zero-order valence-corrected chi connectivity index (χ0v) is 14.2. The molecule has 2 unspecified atom stereocenters. The lowest BCUT2D eigenvalue weighted by atomic mass is 9.97. The molecular formula is C16H32N2O3. The van der Waals surface area contributed by atoms with E-state index in [2.05, 4.69) is 12.2 Å². The van der Waals surface area contributed by atoms with Crippen LogP contribution in [0.4, 0.5) is 4.79 Å². The zero-order valence-electron chi connectivity index (χ0n) is 14.2. The van der Waals surface area contributed by atoms with E-state index in [4.69, 9.17) is 4.74 Å². The lowest BCUT2D eigenvalue weighted by molar-refractivity contribution is 0.00852. The summed E-state index contributed by atoms with van der Waals surface area (Å²) in [6.45, 7) is 11.3. The van der Waals surface area contributed by atoms with E-state index in [-0.39, 0.29) is 24.3 Å². The number of hydrogen-bond acceptors (Lipinski definition) is 4. The molecule has 0 aromatic heterocycles. The van der Waals surface area contributed by atoms with E-state index in [1.54, 1.807) is 0 Å². The molecule has 5 heteroatoms. The molecule has 0 aromatic carbocycles. The van der Waals surface area contributed by atoms with Crippen LogP contribution in [0.25, 0.3) is 0 Å². The van der Waals surface area contributed by atoms with Crippen molar-refractivity contribution >= 4 is 6.09 Å². The van der Waals surface area contributed by atoms with Crippen molar-refractivity contribution in [3.8, 4) is 0 Å². The number of aliphatic hydroxyl groups excluding tert-OH is 1. The second-order valence-electron chi connectivity index (χ2n) is 7.28. The number of aliphatic hydroxyl groups is 1. The largest absolute Gasteiger partial charge is 0.444 e. The van der Waals surface area contributed by atoms with Gasteiger partial charge < -0.3 is 20.1 Å². The molecule has 0 aromatic rings. The van der Waals surface area contributed by atoms with Crippen molar-refractivity contribution in [1.29, 1.82) is 0 Å². The molecule has 0 spiro atoms. The van der Waals surface area contributed by atoms with E-state index < -0.39 is 5.60 Å². The molecule has 2 N–H and O–H groups in total. The summed E-state index contributed by atoms with van der Waals surface area (Å²) >= 11 is 0. The molecule has 1 rings (SSSR count). The lowest BCUT2D eigenvalue weighted by Gasteiger charge is -2.39. The summed E-state index contributed by atoms with van der Waals surface area (Å²) in [7, 11) is 0. The van der Waals surface area contributed by atoms with Crippen LogP contribution in [0.1, 0.15) is 60.3 Å². The van der Waals surface area contributed by atoms with Crippen molar-refractivity contribution in [2.24, 2.45) is 0 Å². The molecule has 2 atom stereocenters. The van der Waals surface area contributed by atoms with Gasteiger partial charge in [0.25, 0.3) is 0 Å². The number of nitrogens with one attached hydrogen (secondary N) is 1. The summed E-state index contributed by atoms with van der Waals surface area (Å²) < 4.78 is 5.50. The number of rotatable bonds is 5. The van der Waals surface area contributed by atoms with Gasteiger partial charge in [-0.3, -0.25) is 0 Å². The minimum atomic E-state index is -0.463. The third kappa shape index (κ3) is 5.83. The normalized spacial score (nSPS) is 22.8. The van der Waals surface area contributed by atoms with Crippen LogP contribution in [-0.2, 0) is 4.74 Å². The number of nitrogens with zero attached hydrogens (tertiary/aromatic N) is 1. The lowest BCUT2D eigenvalue weighted by Crippen LogP contribution is -2.55. The van der Waals surface area contributed by atoms with Gasteiger partial charge in [-0.2, -0.15) is 0 Å². The predicted octanol–water partition coefficient (Wildman–Crippen LogP) is 2.53. The number of carbonyl (C=O) groups is 1. The molecule has 0 bridgehead atoms. The van der Waals surface area contributed by atoms with Crippen molar-refractivity contribution in [2.75, 3.05) is 19.7 Å². The Morgan fingerprint density at radius 3 is 2.52 bits per heavy atom. The molecule has 0 saturated carbocycles. The van der Waals surface area contributed by atoms with Gasteiger partial charge in [0.2, 0.25) is 0 Å². The summed E-state index contributed by atoms with van der Waals surface area (Å²) in [4.78, 5) is 14.2. The third-order valence-corrected chi connectivity index (χ3v) is 4.15. The van der Waals surface area contributed by atoms with Crippen LogP contribution in [0.3, 0.4) is 0 Å². The Hall–Kier alpha value is -0.810. The monoisotopic (exact) mass is 300 g/mol. The second kappa shape index (κ2) is 7.45. The molecule has 1 amide bonds. The van der Waals surface area contributed by atoms with E-state index >= 15 is 0 Å². The summed E-state index contributed by atoms with van der Waals surface area (Å²) in [6.07, 6.45) is 3.77. The maximum absolute atomic E-state index is 12.3. The third-order valence-electron chi connectivity index (χ3n) is 4.15. The Labute approximate surface area is 129 Å².